The van der Waals surface area contributed by atoms with Gasteiger partial charge in [-0.3, -0.25) is 14.4 Å². The van der Waals surface area contributed by atoms with Crippen molar-refractivity contribution in [3.63, 3.8) is 0 Å². The van der Waals surface area contributed by atoms with Crippen LogP contribution in [0.25, 0.3) is 11.1 Å². The minimum Gasteiger partial charge on any atom is -0.480 e. The molecule has 0 aromatic heterocycles. The van der Waals surface area contributed by atoms with E-state index in [1.807, 2.05) is 42.5 Å². The Bertz CT molecular complexity index is 1140. The highest BCUT2D eigenvalue weighted by Crippen LogP contribution is 2.35. The van der Waals surface area contributed by atoms with Gasteiger partial charge in [-0.05, 0) is 30.0 Å². The predicted molar refractivity (Wildman–Crippen MR) is 143 cm³/mol. The maximum absolute atomic E-state index is 13.1. The molecule has 0 aliphatic heterocycles. The predicted octanol–water partition coefficient (Wildman–Crippen LogP) is 3.09. The quantitative estimate of drug-likeness (QED) is 0.154. The number of amides is 2. The molecule has 4 unspecified atom stereocenters. The molecule has 0 aliphatic rings. The van der Waals surface area contributed by atoms with Crippen molar-refractivity contribution in [1.82, 2.24) is 10.6 Å². The van der Waals surface area contributed by atoms with Gasteiger partial charge in [-0.15, -0.1) is 0 Å². The van der Waals surface area contributed by atoms with E-state index in [1.165, 1.54) is 6.92 Å². The molecule has 2 rings (SSSR count). The van der Waals surface area contributed by atoms with E-state index in [0.29, 0.717) is 5.56 Å². The number of rotatable bonds is 14. The molecule has 0 bridgehead atoms. The number of carbonyl (C=O) groups is 4. The van der Waals surface area contributed by atoms with Crippen molar-refractivity contribution in [2.24, 2.45) is 11.8 Å². The molecule has 0 saturated carbocycles. The maximum Gasteiger partial charge on any atom is 0.410 e. The summed E-state index contributed by atoms with van der Waals surface area (Å²) in [4.78, 5) is 47.7. The summed E-state index contributed by atoms with van der Waals surface area (Å²) in [7, 11) is -1.37. The van der Waals surface area contributed by atoms with Crippen LogP contribution in [0.5, 0.6) is 0 Å². The first-order valence-electron chi connectivity index (χ1n) is 12.3. The van der Waals surface area contributed by atoms with E-state index < -0.39 is 62.4 Å². The molecule has 2 amide bonds. The van der Waals surface area contributed by atoms with Gasteiger partial charge in [0.05, 0.1) is 5.92 Å². The summed E-state index contributed by atoms with van der Waals surface area (Å²) in [6, 6.07) is 15.6. The smallest absolute Gasteiger partial charge is 0.410 e. The topological polar surface area (TPSA) is 168 Å². The number of esters is 1. The zero-order valence-electron chi connectivity index (χ0n) is 22.0. The number of ether oxygens (including phenoxy) is 2. The summed E-state index contributed by atoms with van der Waals surface area (Å²) in [5, 5.41) is 23.0. The summed E-state index contributed by atoms with van der Waals surface area (Å²) >= 11 is 0. The zero-order chi connectivity index (χ0) is 29.0. The van der Waals surface area contributed by atoms with Crippen molar-refractivity contribution in [2.75, 3.05) is 13.3 Å². The van der Waals surface area contributed by atoms with E-state index >= 15 is 0 Å². The number of alkyl carbamates (subject to hydrolysis) is 1. The lowest BCUT2D eigenvalue weighted by Crippen LogP contribution is -2.50. The Morgan fingerprint density at radius 2 is 1.56 bits per heavy atom. The van der Waals surface area contributed by atoms with Crippen molar-refractivity contribution < 1.29 is 43.4 Å². The van der Waals surface area contributed by atoms with Crippen LogP contribution in [0.4, 0.5) is 4.79 Å². The molecule has 0 aliphatic carbocycles. The standard InChI is InChI=1S/C27H33N2O9P/c1-17(2)25(33)37-16-38-26(34)28-14-13-27(35,39-36)22(23(30)29-18(3)24(31)32)15-19-9-11-21(12-10-19)20-7-5-4-6-8-20/h4-12,17-18,22,35H,13-16H2,1-3H3,(H,28,34)(H,29,30)(H,31,32)/p+1. The average molecular weight is 562 g/mol. The van der Waals surface area contributed by atoms with Gasteiger partial charge in [0.25, 0.3) is 5.34 Å². The van der Waals surface area contributed by atoms with E-state index in [2.05, 4.69) is 10.6 Å². The van der Waals surface area contributed by atoms with Gasteiger partial charge in [-0.1, -0.05) is 73.0 Å². The van der Waals surface area contributed by atoms with E-state index in [9.17, 15) is 34.0 Å². The van der Waals surface area contributed by atoms with E-state index in [1.54, 1.807) is 26.0 Å². The number of hydrogen-bond acceptors (Lipinski definition) is 8. The van der Waals surface area contributed by atoms with Crippen molar-refractivity contribution in [1.29, 1.82) is 0 Å². The van der Waals surface area contributed by atoms with Crippen LogP contribution in [-0.2, 0) is 34.8 Å². The lowest BCUT2D eigenvalue weighted by atomic mass is 9.89. The first-order valence-corrected chi connectivity index (χ1v) is 13.2. The Labute approximate surface area is 228 Å². The number of aliphatic carboxylic acids is 1. The molecule has 0 radical (unpaired) electrons. The van der Waals surface area contributed by atoms with Crippen LogP contribution in [0, 0.1) is 11.8 Å². The van der Waals surface area contributed by atoms with Crippen molar-refractivity contribution in [3.8, 4) is 11.1 Å². The Balaban J connectivity index is 2.13. The Hall–Kier alpha value is -3.82. The van der Waals surface area contributed by atoms with Crippen molar-refractivity contribution in [2.45, 2.75) is 45.0 Å². The van der Waals surface area contributed by atoms with E-state index in [-0.39, 0.29) is 19.4 Å². The number of benzene rings is 2. The van der Waals surface area contributed by atoms with Gasteiger partial charge in [0.2, 0.25) is 12.7 Å². The van der Waals surface area contributed by atoms with Crippen LogP contribution < -0.4 is 10.6 Å². The van der Waals surface area contributed by atoms with Crippen LogP contribution in [0.3, 0.4) is 0 Å². The number of hydrogen-bond donors (Lipinski definition) is 4. The lowest BCUT2D eigenvalue weighted by molar-refractivity contribution is -0.155. The molecule has 2 aromatic rings. The Kier molecular flexibility index (Phi) is 12.0. The zero-order valence-corrected chi connectivity index (χ0v) is 23.0. The van der Waals surface area contributed by atoms with Crippen LogP contribution in [0.2, 0.25) is 0 Å². The molecule has 0 spiro atoms. The second-order valence-electron chi connectivity index (χ2n) is 9.26. The lowest BCUT2D eigenvalue weighted by Gasteiger charge is -2.26. The third kappa shape index (κ3) is 9.77. The second-order valence-corrected chi connectivity index (χ2v) is 10.3. The fourth-order valence-electron chi connectivity index (χ4n) is 3.56. The molecule has 0 saturated heterocycles. The molecule has 12 heteroatoms. The summed E-state index contributed by atoms with van der Waals surface area (Å²) in [6.07, 6.45) is -1.30. The fraction of sp³-hybridized carbons (Fsp3) is 0.407. The minimum absolute atomic E-state index is 0.0470. The normalized spacial score (nSPS) is 14.1. The summed E-state index contributed by atoms with van der Waals surface area (Å²) in [6.45, 7) is 3.68. The number of aliphatic hydroxyl groups is 1. The van der Waals surface area contributed by atoms with Gasteiger partial charge in [0.1, 0.15) is 12.0 Å². The van der Waals surface area contributed by atoms with Gasteiger partial charge in [-0.2, -0.15) is 0 Å². The SMILES string of the molecule is CC(C)C(=O)OCOC(=O)NCCC(O)([PH+]=O)C(Cc1ccc(-c2ccccc2)cc1)C(=O)NC(C)C(=O)O. The van der Waals surface area contributed by atoms with Gasteiger partial charge in [0.15, 0.2) is 0 Å². The van der Waals surface area contributed by atoms with E-state index in [0.717, 1.165) is 11.1 Å². The molecule has 0 fully saturated rings. The monoisotopic (exact) mass is 561 g/mol. The number of carboxylic acids is 1. The van der Waals surface area contributed by atoms with Gasteiger partial charge >= 0.3 is 26.5 Å². The van der Waals surface area contributed by atoms with Crippen LogP contribution in [0.1, 0.15) is 32.8 Å². The molecular weight excluding hydrogens is 527 g/mol. The molecule has 4 N–H and O–H groups in total. The number of nitrogens with one attached hydrogen (secondary N) is 2. The third-order valence-electron chi connectivity index (χ3n) is 5.94. The Morgan fingerprint density at radius 3 is 2.13 bits per heavy atom. The highest BCUT2D eigenvalue weighted by molar-refractivity contribution is 7.25. The van der Waals surface area contributed by atoms with Gasteiger partial charge in [-0.25, -0.2) is 4.79 Å². The molecule has 2 aromatic carbocycles. The minimum atomic E-state index is -2.10. The fourth-order valence-corrected chi connectivity index (χ4v) is 4.17. The van der Waals surface area contributed by atoms with Gasteiger partial charge in [0, 0.05) is 13.0 Å². The molecule has 210 valence electrons. The third-order valence-corrected chi connectivity index (χ3v) is 6.89. The average Bonchev–Trinajstić information content (AvgIpc) is 2.92. The first kappa shape index (κ1) is 31.4. The number of carbonyl (C=O) groups excluding carboxylic acids is 3. The maximum atomic E-state index is 13.1. The van der Waals surface area contributed by atoms with Crippen LogP contribution in [0.15, 0.2) is 54.6 Å². The first-order chi connectivity index (χ1) is 18.5. The van der Waals surface area contributed by atoms with E-state index in [4.69, 9.17) is 9.47 Å². The Morgan fingerprint density at radius 1 is 0.949 bits per heavy atom. The molecular formula is C27H34N2O9P+. The van der Waals surface area contributed by atoms with Crippen LogP contribution >= 0.6 is 8.46 Å². The molecule has 0 heterocycles. The van der Waals surface area contributed by atoms with Gasteiger partial charge < -0.3 is 30.3 Å². The number of carboxylic acid groups (broad SMARTS) is 1. The second kappa shape index (κ2) is 14.9. The van der Waals surface area contributed by atoms with Crippen molar-refractivity contribution in [3.05, 3.63) is 60.2 Å². The molecule has 4 atom stereocenters. The van der Waals surface area contributed by atoms with Crippen LogP contribution in [-0.4, -0.2) is 58.9 Å². The largest absolute Gasteiger partial charge is 0.480 e. The summed E-state index contributed by atoms with van der Waals surface area (Å²) < 4.78 is 21.7. The van der Waals surface area contributed by atoms with Crippen molar-refractivity contribution >= 4 is 32.4 Å². The molecule has 11 nitrogen and oxygen atoms in total. The highest BCUT2D eigenvalue weighted by Gasteiger charge is 2.49. The highest BCUT2D eigenvalue weighted by atomic mass is 31.1. The molecule has 39 heavy (non-hydrogen) atoms. The summed E-state index contributed by atoms with van der Waals surface area (Å²) in [5.74, 6) is -4.32. The summed E-state index contributed by atoms with van der Waals surface area (Å²) in [5.41, 5.74) is 2.57.